The maximum Gasteiger partial charge on any atom is 0.410 e. The second kappa shape index (κ2) is 8.80. The van der Waals surface area contributed by atoms with E-state index in [-0.39, 0.29) is 30.6 Å². The smallest absolute Gasteiger partial charge is 0.410 e. The van der Waals surface area contributed by atoms with E-state index in [2.05, 4.69) is 4.98 Å². The van der Waals surface area contributed by atoms with Crippen molar-refractivity contribution in [2.24, 2.45) is 0 Å². The fourth-order valence-corrected chi connectivity index (χ4v) is 4.01. The molecule has 0 N–H and O–H groups in total. The summed E-state index contributed by atoms with van der Waals surface area (Å²) in [7, 11) is 0. The summed E-state index contributed by atoms with van der Waals surface area (Å²) in [6, 6.07) is 7.52. The average Bonchev–Trinajstić information content (AvgIpc) is 3.31. The Kier molecular flexibility index (Phi) is 6.05. The molecule has 3 heterocycles. The van der Waals surface area contributed by atoms with Crippen molar-refractivity contribution in [2.75, 3.05) is 13.2 Å². The van der Waals surface area contributed by atoms with E-state index in [1.165, 1.54) is 6.07 Å². The predicted molar refractivity (Wildman–Crippen MR) is 116 cm³/mol. The van der Waals surface area contributed by atoms with Gasteiger partial charge in [0, 0.05) is 12.1 Å². The Labute approximate surface area is 191 Å². The summed E-state index contributed by atoms with van der Waals surface area (Å²) in [6.07, 6.45) is 2.15. The summed E-state index contributed by atoms with van der Waals surface area (Å²) in [6.45, 7) is 5.93. The van der Waals surface area contributed by atoms with Crippen LogP contribution in [0.5, 0.6) is 5.88 Å². The highest BCUT2D eigenvalue weighted by molar-refractivity contribution is 6.21. The Hall–Kier alpha value is -3.49. The van der Waals surface area contributed by atoms with Crippen molar-refractivity contribution in [1.82, 2.24) is 14.8 Å². The van der Waals surface area contributed by atoms with Crippen molar-refractivity contribution in [3.8, 4) is 5.88 Å². The van der Waals surface area contributed by atoms with Gasteiger partial charge in [0.1, 0.15) is 18.0 Å². The molecule has 0 bridgehead atoms. The monoisotopic (exact) mass is 455 g/mol. The number of carbonyl (C=O) groups excluding carboxylic acids is 3. The molecule has 1 unspecified atom stereocenters. The number of halogens is 1. The highest BCUT2D eigenvalue weighted by atomic mass is 19.1. The summed E-state index contributed by atoms with van der Waals surface area (Å²) in [4.78, 5) is 44.6. The second-order valence-corrected chi connectivity index (χ2v) is 9.14. The SMILES string of the molecule is CC(C)(C)OC(=O)N1CCCC1COc1ncc(F)cc1CN1C(=O)c2ccccc2C1=O. The van der Waals surface area contributed by atoms with Crippen LogP contribution in [0.3, 0.4) is 0 Å². The standard InChI is InChI=1S/C24H26FN3O5/c1-24(2,3)33-23(31)27-10-6-7-17(27)14-32-20-15(11-16(25)12-26-20)13-28-21(29)18-8-4-5-9-19(18)22(28)30/h4-5,8-9,11-12,17H,6-7,10,13-14H2,1-3H3. The molecule has 1 atom stereocenters. The van der Waals surface area contributed by atoms with Gasteiger partial charge in [0.25, 0.3) is 11.8 Å². The fourth-order valence-electron chi connectivity index (χ4n) is 4.01. The van der Waals surface area contributed by atoms with E-state index in [1.54, 1.807) is 49.9 Å². The van der Waals surface area contributed by atoms with Crippen molar-refractivity contribution in [2.45, 2.75) is 51.8 Å². The van der Waals surface area contributed by atoms with E-state index in [0.717, 1.165) is 23.9 Å². The zero-order valence-corrected chi connectivity index (χ0v) is 18.8. The van der Waals surface area contributed by atoms with Gasteiger partial charge in [-0.2, -0.15) is 0 Å². The van der Waals surface area contributed by atoms with Gasteiger partial charge in [-0.3, -0.25) is 14.5 Å². The number of ether oxygens (including phenoxy) is 2. The number of benzene rings is 1. The van der Waals surface area contributed by atoms with Crippen molar-refractivity contribution in [3.63, 3.8) is 0 Å². The van der Waals surface area contributed by atoms with Crippen LogP contribution in [0.4, 0.5) is 9.18 Å². The number of pyridine rings is 1. The van der Waals surface area contributed by atoms with Gasteiger partial charge in [0.15, 0.2) is 0 Å². The van der Waals surface area contributed by atoms with E-state index >= 15 is 0 Å². The van der Waals surface area contributed by atoms with Crippen LogP contribution >= 0.6 is 0 Å². The maximum atomic E-state index is 14.0. The molecule has 1 saturated heterocycles. The Morgan fingerprint density at radius 1 is 1.18 bits per heavy atom. The molecule has 8 nitrogen and oxygen atoms in total. The molecule has 0 aliphatic carbocycles. The highest BCUT2D eigenvalue weighted by Gasteiger charge is 2.36. The van der Waals surface area contributed by atoms with Crippen molar-refractivity contribution in [3.05, 3.63) is 59.0 Å². The van der Waals surface area contributed by atoms with Gasteiger partial charge in [-0.25, -0.2) is 14.2 Å². The second-order valence-electron chi connectivity index (χ2n) is 9.14. The lowest BCUT2D eigenvalue weighted by Crippen LogP contribution is -2.42. The molecule has 4 rings (SSSR count). The minimum absolute atomic E-state index is 0.115. The Morgan fingerprint density at radius 2 is 1.85 bits per heavy atom. The third-order valence-electron chi connectivity index (χ3n) is 5.52. The Bertz CT molecular complexity index is 1060. The summed E-state index contributed by atoms with van der Waals surface area (Å²) in [5.41, 5.74) is 0.288. The Morgan fingerprint density at radius 3 is 2.48 bits per heavy atom. The molecule has 2 aliphatic heterocycles. The van der Waals surface area contributed by atoms with Crippen LogP contribution in [0.25, 0.3) is 0 Å². The van der Waals surface area contributed by atoms with Crippen LogP contribution in [0.15, 0.2) is 36.5 Å². The van der Waals surface area contributed by atoms with Gasteiger partial charge in [0.2, 0.25) is 5.88 Å². The highest BCUT2D eigenvalue weighted by Crippen LogP contribution is 2.28. The molecule has 33 heavy (non-hydrogen) atoms. The van der Waals surface area contributed by atoms with Gasteiger partial charge in [-0.05, 0) is 51.8 Å². The normalized spacial score (nSPS) is 18.0. The molecular weight excluding hydrogens is 429 g/mol. The molecule has 9 heteroatoms. The van der Waals surface area contributed by atoms with Crippen molar-refractivity contribution < 1.29 is 28.2 Å². The number of aromatic nitrogens is 1. The predicted octanol–water partition coefficient (Wildman–Crippen LogP) is 3.80. The van der Waals surface area contributed by atoms with Crippen LogP contribution in [0, 0.1) is 5.82 Å². The lowest BCUT2D eigenvalue weighted by Gasteiger charge is -2.28. The van der Waals surface area contributed by atoms with Gasteiger partial charge < -0.3 is 14.4 Å². The molecule has 0 saturated carbocycles. The molecule has 0 radical (unpaired) electrons. The maximum absolute atomic E-state index is 14.0. The summed E-state index contributed by atoms with van der Waals surface area (Å²) in [5.74, 6) is -1.38. The largest absolute Gasteiger partial charge is 0.475 e. The number of nitrogens with zero attached hydrogens (tertiary/aromatic N) is 3. The fraction of sp³-hybridized carbons (Fsp3) is 0.417. The number of imide groups is 1. The molecular formula is C24H26FN3O5. The van der Waals surface area contributed by atoms with E-state index in [0.29, 0.717) is 17.7 Å². The van der Waals surface area contributed by atoms with E-state index in [9.17, 15) is 18.8 Å². The van der Waals surface area contributed by atoms with Crippen LogP contribution in [0.2, 0.25) is 0 Å². The topological polar surface area (TPSA) is 89.0 Å². The minimum Gasteiger partial charge on any atom is -0.475 e. The van der Waals surface area contributed by atoms with Crippen molar-refractivity contribution in [1.29, 1.82) is 0 Å². The first-order valence-electron chi connectivity index (χ1n) is 10.9. The molecule has 1 aromatic heterocycles. The van der Waals surface area contributed by atoms with Crippen molar-refractivity contribution >= 4 is 17.9 Å². The van der Waals surface area contributed by atoms with Gasteiger partial charge in [0.05, 0.1) is 29.9 Å². The van der Waals surface area contributed by atoms with Gasteiger partial charge in [-0.15, -0.1) is 0 Å². The first-order valence-corrected chi connectivity index (χ1v) is 10.9. The minimum atomic E-state index is -0.608. The van der Waals surface area contributed by atoms with Crippen LogP contribution in [0.1, 0.15) is 59.9 Å². The third kappa shape index (κ3) is 4.81. The number of hydrogen-bond acceptors (Lipinski definition) is 6. The zero-order chi connectivity index (χ0) is 23.8. The number of likely N-dealkylation sites (tertiary alicyclic amines) is 1. The number of carbonyl (C=O) groups is 3. The number of rotatable bonds is 5. The number of hydrogen-bond donors (Lipinski definition) is 0. The van der Waals surface area contributed by atoms with Crippen LogP contribution < -0.4 is 4.74 Å². The first-order chi connectivity index (χ1) is 15.6. The van der Waals surface area contributed by atoms with Gasteiger partial charge >= 0.3 is 6.09 Å². The van der Waals surface area contributed by atoms with Crippen LogP contribution in [-0.4, -0.2) is 57.5 Å². The molecule has 2 aromatic rings. The van der Waals surface area contributed by atoms with E-state index in [1.807, 2.05) is 0 Å². The summed E-state index contributed by atoms with van der Waals surface area (Å²) in [5, 5.41) is 0. The molecule has 3 amide bonds. The quantitative estimate of drug-likeness (QED) is 0.638. The summed E-state index contributed by atoms with van der Waals surface area (Å²) < 4.78 is 25.3. The zero-order valence-electron chi connectivity index (χ0n) is 18.8. The average molecular weight is 455 g/mol. The molecule has 2 aliphatic rings. The molecule has 1 aromatic carbocycles. The lowest BCUT2D eigenvalue weighted by atomic mass is 10.1. The van der Waals surface area contributed by atoms with Crippen LogP contribution in [-0.2, 0) is 11.3 Å². The first kappa shape index (κ1) is 22.7. The number of amides is 3. The Balaban J connectivity index is 1.48. The third-order valence-corrected chi connectivity index (χ3v) is 5.52. The molecule has 174 valence electrons. The van der Waals surface area contributed by atoms with E-state index in [4.69, 9.17) is 9.47 Å². The van der Waals surface area contributed by atoms with E-state index < -0.39 is 29.3 Å². The van der Waals surface area contributed by atoms with Gasteiger partial charge in [-0.1, -0.05) is 12.1 Å². The molecule has 1 fully saturated rings. The molecule has 0 spiro atoms. The number of fused-ring (bicyclic) bond motifs is 1. The lowest BCUT2D eigenvalue weighted by molar-refractivity contribution is 0.0184. The summed E-state index contributed by atoms with van der Waals surface area (Å²) >= 11 is 0.